The lowest BCUT2D eigenvalue weighted by Gasteiger charge is -2.09. The van der Waals surface area contributed by atoms with Gasteiger partial charge in [-0.2, -0.15) is 4.57 Å². The molecule has 26 heavy (non-hydrogen) atoms. The van der Waals surface area contributed by atoms with Crippen molar-refractivity contribution in [2.75, 3.05) is 0 Å². The van der Waals surface area contributed by atoms with E-state index >= 15 is 0 Å². The zero-order valence-corrected chi connectivity index (χ0v) is 15.8. The fourth-order valence-corrected chi connectivity index (χ4v) is 3.65. The monoisotopic (exact) mass is 366 g/mol. The molecule has 3 aromatic rings. The van der Waals surface area contributed by atoms with Crippen LogP contribution >= 0.6 is 0 Å². The second kappa shape index (κ2) is 7.40. The Morgan fingerprint density at radius 3 is 1.96 bits per heavy atom. The van der Waals surface area contributed by atoms with Crippen molar-refractivity contribution in [3.8, 4) is 11.1 Å². The third-order valence-corrected chi connectivity index (χ3v) is 5.44. The van der Waals surface area contributed by atoms with Crippen molar-refractivity contribution in [1.29, 1.82) is 0 Å². The van der Waals surface area contributed by atoms with Gasteiger partial charge in [0, 0.05) is 37.3 Å². The number of sulfonamides is 1. The van der Waals surface area contributed by atoms with E-state index in [0.29, 0.717) is 0 Å². The Hall–Kier alpha value is -2.50. The average molecular weight is 366 g/mol. The molecule has 0 aliphatic carbocycles. The van der Waals surface area contributed by atoms with Gasteiger partial charge in [-0.25, -0.2) is 8.42 Å². The van der Waals surface area contributed by atoms with Crippen LogP contribution in [0.15, 0.2) is 71.6 Å². The van der Waals surface area contributed by atoms with Crippen molar-refractivity contribution >= 4 is 10.0 Å². The molecule has 0 fully saturated rings. The minimum absolute atomic E-state index is 0.0356. The first-order valence-corrected chi connectivity index (χ1v) is 9.98. The summed E-state index contributed by atoms with van der Waals surface area (Å²) in [5, 5.41) is 7.10. The summed E-state index contributed by atoms with van der Waals surface area (Å²) in [6, 6.07) is 21.3. The number of aryl methyl sites for hydroxylation is 3. The summed E-state index contributed by atoms with van der Waals surface area (Å²) in [7, 11) is -3.89. The quantitative estimate of drug-likeness (QED) is 0.634. The third-order valence-electron chi connectivity index (χ3n) is 4.55. The summed E-state index contributed by atoms with van der Waals surface area (Å²) in [5.74, 6) is 0. The Morgan fingerprint density at radius 2 is 1.42 bits per heavy atom. The Labute approximate surface area is 155 Å². The highest BCUT2D eigenvalue weighted by Gasteiger charge is 2.14. The normalized spacial score (nSPS) is 11.5. The maximum Gasteiger partial charge on any atom is 0.179 e. The Morgan fingerprint density at radius 1 is 0.846 bits per heavy atom. The molecular weight excluding hydrogens is 344 g/mol. The number of benzene rings is 2. The molecule has 3 rings (SSSR count). The summed E-state index contributed by atoms with van der Waals surface area (Å²) in [6.45, 7) is 5.03. The van der Waals surface area contributed by atoms with E-state index in [1.807, 2.05) is 18.2 Å². The number of hydrogen-bond donors (Lipinski definition) is 0. The number of hydrogen-bond acceptors (Lipinski definition) is 2. The van der Waals surface area contributed by atoms with E-state index in [1.165, 1.54) is 34.6 Å². The highest BCUT2D eigenvalue weighted by Crippen LogP contribution is 2.20. The largest absolute Gasteiger partial charge is 0.560 e. The van der Waals surface area contributed by atoms with Gasteiger partial charge in [0.05, 0.1) is 10.0 Å². The standard InChI is InChI=1S/C21H22N2O2S/c1-16-14-20(19-6-4-3-5-7-19)15-17(2)23(16)13-12-18-8-10-21(11-9-18)26(22,24)25/h3-11,14-15H,12-13H2,1-2H3,(H-,22,24,25). The van der Waals surface area contributed by atoms with Crippen molar-refractivity contribution in [3.63, 3.8) is 0 Å². The molecule has 0 atom stereocenters. The molecule has 1 aromatic heterocycles. The van der Waals surface area contributed by atoms with Crippen LogP contribution in [0.5, 0.6) is 0 Å². The molecule has 5 heteroatoms. The summed E-state index contributed by atoms with van der Waals surface area (Å²) in [5.41, 5.74) is 5.85. The predicted molar refractivity (Wildman–Crippen MR) is 103 cm³/mol. The molecule has 0 aliphatic rings. The number of aromatic nitrogens is 1. The minimum Gasteiger partial charge on any atom is -0.560 e. The number of nitrogens with one attached hydrogen (secondary N) is 1. The highest BCUT2D eigenvalue weighted by molar-refractivity contribution is 7.93. The second-order valence-electron chi connectivity index (χ2n) is 6.44. The van der Waals surface area contributed by atoms with E-state index in [1.54, 1.807) is 12.1 Å². The molecule has 0 saturated carbocycles. The van der Waals surface area contributed by atoms with Crippen LogP contribution in [-0.2, 0) is 23.0 Å². The van der Waals surface area contributed by atoms with E-state index in [2.05, 4.69) is 42.7 Å². The molecule has 4 nitrogen and oxygen atoms in total. The topological polar surface area (TPSA) is 61.8 Å². The molecule has 0 bridgehead atoms. The van der Waals surface area contributed by atoms with Crippen molar-refractivity contribution < 1.29 is 13.0 Å². The average Bonchev–Trinajstić information content (AvgIpc) is 2.61. The fourth-order valence-electron chi connectivity index (χ4n) is 3.15. The van der Waals surface area contributed by atoms with Gasteiger partial charge in [-0.15, -0.1) is 0 Å². The van der Waals surface area contributed by atoms with Crippen molar-refractivity contribution in [2.24, 2.45) is 0 Å². The molecule has 0 unspecified atom stereocenters. The van der Waals surface area contributed by atoms with Crippen LogP contribution in [0.4, 0.5) is 0 Å². The first-order chi connectivity index (χ1) is 12.3. The highest BCUT2D eigenvalue weighted by atomic mass is 32.2. The van der Waals surface area contributed by atoms with Crippen LogP contribution in [0.1, 0.15) is 17.0 Å². The molecular formula is C21H22N2O2S. The van der Waals surface area contributed by atoms with Crippen LogP contribution in [0.2, 0.25) is 0 Å². The van der Waals surface area contributed by atoms with E-state index < -0.39 is 10.0 Å². The van der Waals surface area contributed by atoms with Crippen molar-refractivity contribution in [3.05, 3.63) is 88.8 Å². The van der Waals surface area contributed by atoms with Gasteiger partial charge < -0.3 is 5.14 Å². The molecule has 0 amide bonds. The van der Waals surface area contributed by atoms with Gasteiger partial charge >= 0.3 is 0 Å². The number of pyridine rings is 1. The summed E-state index contributed by atoms with van der Waals surface area (Å²) in [6.07, 6.45) is 0.801. The molecule has 0 spiro atoms. The molecule has 134 valence electrons. The van der Waals surface area contributed by atoms with Crippen molar-refractivity contribution in [1.82, 2.24) is 0 Å². The zero-order chi connectivity index (χ0) is 18.7. The van der Waals surface area contributed by atoms with Gasteiger partial charge in [0.1, 0.15) is 0 Å². The lowest BCUT2D eigenvalue weighted by molar-refractivity contribution is -0.708. The minimum atomic E-state index is -3.89. The zero-order valence-electron chi connectivity index (χ0n) is 14.9. The summed E-state index contributed by atoms with van der Waals surface area (Å²) in [4.78, 5) is 0.0356. The van der Waals surface area contributed by atoms with Gasteiger partial charge in [-0.05, 0) is 28.8 Å². The number of rotatable bonds is 5. The Bertz CT molecular complexity index is 989. The lowest BCUT2D eigenvalue weighted by atomic mass is 10.0. The Kier molecular flexibility index (Phi) is 5.20. The summed E-state index contributed by atoms with van der Waals surface area (Å²) >= 11 is 0. The van der Waals surface area contributed by atoms with Gasteiger partial charge in [0.2, 0.25) is 0 Å². The molecule has 2 aromatic carbocycles. The second-order valence-corrected chi connectivity index (χ2v) is 7.92. The predicted octanol–water partition coefficient (Wildman–Crippen LogP) is 4.24. The van der Waals surface area contributed by atoms with Gasteiger partial charge in [0.25, 0.3) is 0 Å². The van der Waals surface area contributed by atoms with Crippen LogP contribution in [0.3, 0.4) is 0 Å². The van der Waals surface area contributed by atoms with E-state index in [4.69, 9.17) is 5.14 Å². The van der Waals surface area contributed by atoms with Crippen LogP contribution in [0.25, 0.3) is 16.3 Å². The maximum atomic E-state index is 11.2. The lowest BCUT2D eigenvalue weighted by Crippen LogP contribution is -2.41. The Balaban J connectivity index is 1.78. The van der Waals surface area contributed by atoms with E-state index in [9.17, 15) is 8.42 Å². The SMILES string of the molecule is Cc1cc(-c2ccccc2)cc(C)[n+]1CCc1ccc(S([NH-])(=O)=O)cc1. The van der Waals surface area contributed by atoms with Gasteiger partial charge in [0.15, 0.2) is 17.9 Å². The van der Waals surface area contributed by atoms with Crippen LogP contribution in [0, 0.1) is 13.8 Å². The first kappa shape index (κ1) is 18.3. The van der Waals surface area contributed by atoms with E-state index in [-0.39, 0.29) is 4.90 Å². The van der Waals surface area contributed by atoms with Crippen molar-refractivity contribution in [2.45, 2.75) is 31.7 Å². The molecule has 0 aliphatic heterocycles. The van der Waals surface area contributed by atoms with Crippen LogP contribution < -0.4 is 4.57 Å². The third kappa shape index (κ3) is 4.18. The van der Waals surface area contributed by atoms with Gasteiger partial charge in [-0.3, -0.25) is 0 Å². The molecule has 0 saturated heterocycles. The number of nitrogens with zero attached hydrogens (tertiary/aromatic N) is 1. The first-order valence-electron chi connectivity index (χ1n) is 8.50. The van der Waals surface area contributed by atoms with E-state index in [0.717, 1.165) is 18.5 Å². The molecule has 0 radical (unpaired) electrons. The van der Waals surface area contributed by atoms with Crippen LogP contribution in [-0.4, -0.2) is 8.42 Å². The van der Waals surface area contributed by atoms with Gasteiger partial charge in [-0.1, -0.05) is 42.5 Å². The molecule has 1 heterocycles. The smallest absolute Gasteiger partial charge is 0.179 e. The molecule has 1 N–H and O–H groups in total. The fraction of sp³-hybridized carbons (Fsp3) is 0.190. The summed E-state index contributed by atoms with van der Waals surface area (Å²) < 4.78 is 24.7. The maximum absolute atomic E-state index is 11.2.